The van der Waals surface area contributed by atoms with Gasteiger partial charge in [0.05, 0.1) is 16.8 Å². The van der Waals surface area contributed by atoms with E-state index in [0.29, 0.717) is 6.29 Å². The van der Waals surface area contributed by atoms with E-state index in [0.717, 1.165) is 18.2 Å². The number of alkyl halides is 3. The first kappa shape index (κ1) is 18.5. The molecule has 0 aliphatic heterocycles. The highest BCUT2D eigenvalue weighted by atomic mass is 19.4. The first-order chi connectivity index (χ1) is 12.8. The molecule has 1 aromatic heterocycles. The van der Waals surface area contributed by atoms with Crippen LogP contribution in [0.25, 0.3) is 11.3 Å². The van der Waals surface area contributed by atoms with Crippen molar-refractivity contribution in [2.24, 2.45) is 0 Å². The molecule has 0 fully saturated rings. The Bertz CT molecular complexity index is 1000. The molecule has 3 nitrogen and oxygen atoms in total. The highest BCUT2D eigenvalue weighted by Gasteiger charge is 2.34. The Morgan fingerprint density at radius 3 is 2.37 bits per heavy atom. The molecule has 0 spiro atoms. The van der Waals surface area contributed by atoms with Crippen LogP contribution in [0.3, 0.4) is 0 Å². The van der Waals surface area contributed by atoms with Crippen molar-refractivity contribution in [3.05, 3.63) is 77.4 Å². The molecule has 1 heterocycles. The lowest BCUT2D eigenvalue weighted by Crippen LogP contribution is -2.07. The number of hydrogen-bond acceptors (Lipinski definition) is 3. The van der Waals surface area contributed by atoms with Crippen molar-refractivity contribution in [3.8, 4) is 22.9 Å². The van der Waals surface area contributed by atoms with Crippen molar-refractivity contribution in [1.82, 2.24) is 4.98 Å². The van der Waals surface area contributed by atoms with Gasteiger partial charge in [-0.15, -0.1) is 0 Å². The standard InChI is InChI=1S/C19H10F5NO2/c20-14-6-3-4-12(17(14)21)15-9-8-11(10-26)18(25-15)27-16-7-2-1-5-13(16)19(22,23)24/h1-10H. The van der Waals surface area contributed by atoms with E-state index in [-0.39, 0.29) is 16.8 Å². The van der Waals surface area contributed by atoms with Crippen molar-refractivity contribution in [3.63, 3.8) is 0 Å². The van der Waals surface area contributed by atoms with Gasteiger partial charge in [-0.25, -0.2) is 13.8 Å². The number of carbonyl (C=O) groups excluding carboxylic acids is 1. The highest BCUT2D eigenvalue weighted by Crippen LogP contribution is 2.38. The number of nitrogens with zero attached hydrogens (tertiary/aromatic N) is 1. The van der Waals surface area contributed by atoms with Crippen LogP contribution in [0, 0.1) is 11.6 Å². The van der Waals surface area contributed by atoms with E-state index in [9.17, 15) is 26.7 Å². The molecule has 0 aliphatic carbocycles. The van der Waals surface area contributed by atoms with Crippen molar-refractivity contribution in [1.29, 1.82) is 0 Å². The molecule has 0 bridgehead atoms. The molecule has 2 aromatic carbocycles. The zero-order valence-corrected chi connectivity index (χ0v) is 13.4. The van der Waals surface area contributed by atoms with Crippen LogP contribution in [-0.4, -0.2) is 11.3 Å². The normalized spacial score (nSPS) is 11.3. The Morgan fingerprint density at radius 1 is 0.926 bits per heavy atom. The molecule has 0 aliphatic rings. The zero-order valence-electron chi connectivity index (χ0n) is 13.4. The number of pyridine rings is 1. The number of hydrogen-bond donors (Lipinski definition) is 0. The molecule has 0 radical (unpaired) electrons. The van der Waals surface area contributed by atoms with Crippen LogP contribution < -0.4 is 4.74 Å². The van der Waals surface area contributed by atoms with Crippen molar-refractivity contribution >= 4 is 6.29 Å². The maximum Gasteiger partial charge on any atom is 0.419 e. The largest absolute Gasteiger partial charge is 0.438 e. The fraction of sp³-hybridized carbons (Fsp3) is 0.0526. The van der Waals surface area contributed by atoms with Crippen molar-refractivity contribution in [2.45, 2.75) is 6.18 Å². The van der Waals surface area contributed by atoms with Gasteiger partial charge in [0.1, 0.15) is 5.75 Å². The lowest BCUT2D eigenvalue weighted by atomic mass is 10.1. The quantitative estimate of drug-likeness (QED) is 0.434. The molecule has 3 aromatic rings. The van der Waals surface area contributed by atoms with Gasteiger partial charge in [-0.1, -0.05) is 18.2 Å². The van der Waals surface area contributed by atoms with Gasteiger partial charge in [-0.2, -0.15) is 13.2 Å². The number of para-hydroxylation sites is 1. The number of aldehydes is 1. The molecule has 3 rings (SSSR count). The minimum absolute atomic E-state index is 0.0999. The first-order valence-corrected chi connectivity index (χ1v) is 7.56. The molecule has 0 amide bonds. The predicted octanol–water partition coefficient (Wildman–Crippen LogP) is 5.65. The molecule has 138 valence electrons. The van der Waals surface area contributed by atoms with Crippen LogP contribution in [-0.2, 0) is 6.18 Å². The molecule has 27 heavy (non-hydrogen) atoms. The summed E-state index contributed by atoms with van der Waals surface area (Å²) in [6.45, 7) is 0. The number of benzene rings is 2. The van der Waals surface area contributed by atoms with Crippen LogP contribution in [0.1, 0.15) is 15.9 Å². The van der Waals surface area contributed by atoms with Gasteiger partial charge in [0.2, 0.25) is 5.88 Å². The number of ether oxygens (including phenoxy) is 1. The summed E-state index contributed by atoms with van der Waals surface area (Å²) in [5.41, 5.74) is -1.53. The van der Waals surface area contributed by atoms with E-state index in [1.807, 2.05) is 0 Å². The summed E-state index contributed by atoms with van der Waals surface area (Å²) in [6.07, 6.45) is -4.35. The summed E-state index contributed by atoms with van der Waals surface area (Å²) in [5, 5.41) is 0. The van der Waals surface area contributed by atoms with Crippen LogP contribution in [0.5, 0.6) is 11.6 Å². The predicted molar refractivity (Wildman–Crippen MR) is 86.5 cm³/mol. The topological polar surface area (TPSA) is 39.2 Å². The molecular weight excluding hydrogens is 369 g/mol. The smallest absolute Gasteiger partial charge is 0.419 e. The molecule has 0 atom stereocenters. The van der Waals surface area contributed by atoms with Gasteiger partial charge in [0.15, 0.2) is 17.9 Å². The summed E-state index contributed by atoms with van der Waals surface area (Å²) in [7, 11) is 0. The van der Waals surface area contributed by atoms with E-state index >= 15 is 0 Å². The Morgan fingerprint density at radius 2 is 1.67 bits per heavy atom. The van der Waals surface area contributed by atoms with E-state index in [1.54, 1.807) is 0 Å². The molecule has 0 N–H and O–H groups in total. The number of rotatable bonds is 4. The zero-order chi connectivity index (χ0) is 19.6. The first-order valence-electron chi connectivity index (χ1n) is 7.56. The summed E-state index contributed by atoms with van der Waals surface area (Å²) in [6, 6.07) is 10.2. The molecule has 0 saturated carbocycles. The lowest BCUT2D eigenvalue weighted by Gasteiger charge is -2.14. The van der Waals surface area contributed by atoms with Gasteiger partial charge < -0.3 is 4.74 Å². The number of carbonyl (C=O) groups is 1. The average Bonchev–Trinajstić information content (AvgIpc) is 2.63. The fourth-order valence-corrected chi connectivity index (χ4v) is 2.37. The molecule has 0 saturated heterocycles. The minimum Gasteiger partial charge on any atom is -0.438 e. The maximum absolute atomic E-state index is 14.0. The minimum atomic E-state index is -4.69. The summed E-state index contributed by atoms with van der Waals surface area (Å²) in [5.74, 6) is -3.32. The second kappa shape index (κ2) is 7.14. The van der Waals surface area contributed by atoms with E-state index in [2.05, 4.69) is 4.98 Å². The van der Waals surface area contributed by atoms with Gasteiger partial charge in [-0.05, 0) is 36.4 Å². The van der Waals surface area contributed by atoms with E-state index in [1.165, 1.54) is 36.4 Å². The monoisotopic (exact) mass is 379 g/mol. The highest BCUT2D eigenvalue weighted by molar-refractivity contribution is 5.79. The van der Waals surface area contributed by atoms with Gasteiger partial charge in [0, 0.05) is 5.56 Å². The second-order valence-electron chi connectivity index (χ2n) is 5.41. The second-order valence-corrected chi connectivity index (χ2v) is 5.41. The van der Waals surface area contributed by atoms with Gasteiger partial charge >= 0.3 is 6.18 Å². The average molecular weight is 379 g/mol. The maximum atomic E-state index is 14.0. The molecular formula is C19H10F5NO2. The van der Waals surface area contributed by atoms with Crippen LogP contribution in [0.4, 0.5) is 22.0 Å². The van der Waals surface area contributed by atoms with Gasteiger partial charge in [-0.3, -0.25) is 4.79 Å². The van der Waals surface area contributed by atoms with Crippen molar-refractivity contribution < 1.29 is 31.5 Å². The van der Waals surface area contributed by atoms with Gasteiger partial charge in [0.25, 0.3) is 0 Å². The Balaban J connectivity index is 2.09. The third kappa shape index (κ3) is 3.79. The third-order valence-corrected chi connectivity index (χ3v) is 3.64. The van der Waals surface area contributed by atoms with E-state index < -0.39 is 35.0 Å². The van der Waals surface area contributed by atoms with Crippen LogP contribution >= 0.6 is 0 Å². The molecule has 0 unspecified atom stereocenters. The van der Waals surface area contributed by atoms with Crippen molar-refractivity contribution in [2.75, 3.05) is 0 Å². The van der Waals surface area contributed by atoms with E-state index in [4.69, 9.17) is 4.74 Å². The summed E-state index contributed by atoms with van der Waals surface area (Å²) in [4.78, 5) is 15.1. The van der Waals surface area contributed by atoms with Crippen LogP contribution in [0.15, 0.2) is 54.6 Å². The summed E-state index contributed by atoms with van der Waals surface area (Å²) < 4.78 is 72.0. The fourth-order valence-electron chi connectivity index (χ4n) is 2.37. The lowest BCUT2D eigenvalue weighted by molar-refractivity contribution is -0.138. The Hall–Kier alpha value is -3.29. The summed E-state index contributed by atoms with van der Waals surface area (Å²) >= 11 is 0. The molecule has 8 heteroatoms. The van der Waals surface area contributed by atoms with Crippen LogP contribution in [0.2, 0.25) is 0 Å². The number of aromatic nitrogens is 1. The third-order valence-electron chi connectivity index (χ3n) is 3.64. The Labute approximate surface area is 150 Å². The Kier molecular flexibility index (Phi) is 4.89. The SMILES string of the molecule is O=Cc1ccc(-c2cccc(F)c2F)nc1Oc1ccccc1C(F)(F)F. The number of halogens is 5.